The zero-order chi connectivity index (χ0) is 24.9. The van der Waals surface area contributed by atoms with Gasteiger partial charge in [0.05, 0.1) is 35.3 Å². The average molecular weight is 495 g/mol. The molecule has 0 radical (unpaired) electrons. The van der Waals surface area contributed by atoms with Crippen LogP contribution < -0.4 is 4.74 Å². The summed E-state index contributed by atoms with van der Waals surface area (Å²) in [4.78, 5) is 17.8. The molecule has 1 amide bonds. The van der Waals surface area contributed by atoms with E-state index in [1.807, 2.05) is 0 Å². The molecule has 0 aliphatic carbocycles. The first kappa shape index (κ1) is 25.2. The molecule has 12 heteroatoms. The number of nitriles is 1. The van der Waals surface area contributed by atoms with Gasteiger partial charge in [-0.25, -0.2) is 4.39 Å². The molecule has 0 unspecified atom stereocenters. The number of amidine groups is 1. The molecule has 0 bridgehead atoms. The number of aliphatic hydroxyl groups is 2. The number of carbonyl (C=O) groups is 1. The fourth-order valence-electron chi connectivity index (χ4n) is 2.95. The fourth-order valence-corrected chi connectivity index (χ4v) is 3.91. The third kappa shape index (κ3) is 5.93. The molecule has 0 saturated heterocycles. The van der Waals surface area contributed by atoms with Crippen molar-refractivity contribution in [2.24, 2.45) is 4.99 Å². The molecule has 2 aromatic rings. The van der Waals surface area contributed by atoms with Crippen LogP contribution in [0.15, 0.2) is 46.3 Å². The van der Waals surface area contributed by atoms with Gasteiger partial charge >= 0.3 is 6.18 Å². The molecular weight excluding hydrogens is 478 g/mol. The zero-order valence-corrected chi connectivity index (χ0v) is 18.2. The third-order valence-corrected chi connectivity index (χ3v) is 5.55. The van der Waals surface area contributed by atoms with E-state index in [-0.39, 0.29) is 47.5 Å². The Balaban J connectivity index is 1.81. The van der Waals surface area contributed by atoms with Crippen LogP contribution in [-0.2, 0) is 11.0 Å². The second-order valence-corrected chi connectivity index (χ2v) is 7.87. The number of thioether (sulfide) groups is 1. The summed E-state index contributed by atoms with van der Waals surface area (Å²) in [6.45, 7) is -0.116. The Hall–Kier alpha value is -3.40. The number of hydrogen-bond donors (Lipinski definition) is 2. The third-order valence-electron chi connectivity index (χ3n) is 4.51. The van der Waals surface area contributed by atoms with E-state index in [1.165, 1.54) is 17.0 Å². The van der Waals surface area contributed by atoms with Crippen LogP contribution in [0.1, 0.15) is 16.7 Å². The van der Waals surface area contributed by atoms with E-state index >= 15 is 0 Å². The maximum Gasteiger partial charge on any atom is 0.420 e. The minimum atomic E-state index is -4.82. The van der Waals surface area contributed by atoms with Gasteiger partial charge in [0.25, 0.3) is 5.91 Å². The van der Waals surface area contributed by atoms with Crippen LogP contribution in [0.25, 0.3) is 6.08 Å². The zero-order valence-electron chi connectivity index (χ0n) is 17.3. The highest BCUT2D eigenvalue weighted by molar-refractivity contribution is 8.18. The number of nitrogens with zero attached hydrogens (tertiary/aromatic N) is 3. The van der Waals surface area contributed by atoms with E-state index in [2.05, 4.69) is 4.99 Å². The van der Waals surface area contributed by atoms with Crippen molar-refractivity contribution >= 4 is 28.9 Å². The second-order valence-electron chi connectivity index (χ2n) is 6.86. The monoisotopic (exact) mass is 495 g/mol. The molecule has 34 heavy (non-hydrogen) atoms. The van der Waals surface area contributed by atoms with Crippen molar-refractivity contribution in [1.29, 1.82) is 5.26 Å². The number of benzene rings is 2. The van der Waals surface area contributed by atoms with E-state index in [4.69, 9.17) is 20.2 Å². The van der Waals surface area contributed by atoms with Gasteiger partial charge in [-0.15, -0.1) is 0 Å². The number of halogens is 4. The predicted molar refractivity (Wildman–Crippen MR) is 116 cm³/mol. The lowest BCUT2D eigenvalue weighted by Gasteiger charge is -2.20. The summed E-state index contributed by atoms with van der Waals surface area (Å²) in [5.74, 6) is -2.69. The predicted octanol–water partition coefficient (Wildman–Crippen LogP) is 3.77. The summed E-state index contributed by atoms with van der Waals surface area (Å²) in [5.41, 5.74) is -1.20. The topological polar surface area (TPSA) is 106 Å². The van der Waals surface area contributed by atoms with Crippen LogP contribution in [0.4, 0.5) is 17.6 Å². The minimum Gasteiger partial charge on any atom is -0.454 e. The molecule has 7 nitrogen and oxygen atoms in total. The highest BCUT2D eigenvalue weighted by Gasteiger charge is 2.35. The maximum absolute atomic E-state index is 14.6. The van der Waals surface area contributed by atoms with Gasteiger partial charge in [-0.2, -0.15) is 23.4 Å². The number of amides is 1. The molecule has 0 fully saturated rings. The lowest BCUT2D eigenvalue weighted by Crippen LogP contribution is -2.33. The normalized spacial score (nSPS) is 14.8. The van der Waals surface area contributed by atoms with Gasteiger partial charge in [0.15, 0.2) is 16.7 Å². The van der Waals surface area contributed by atoms with E-state index in [9.17, 15) is 22.4 Å². The van der Waals surface area contributed by atoms with E-state index in [1.54, 1.807) is 6.07 Å². The highest BCUT2D eigenvalue weighted by Crippen LogP contribution is 2.39. The maximum atomic E-state index is 14.6. The van der Waals surface area contributed by atoms with E-state index < -0.39 is 35.0 Å². The average Bonchev–Trinajstić information content (AvgIpc) is 3.15. The van der Waals surface area contributed by atoms with Gasteiger partial charge < -0.3 is 19.8 Å². The summed E-state index contributed by atoms with van der Waals surface area (Å²) >= 11 is 0.983. The van der Waals surface area contributed by atoms with Crippen LogP contribution >= 0.6 is 11.8 Å². The molecule has 1 heterocycles. The molecule has 0 spiro atoms. The summed E-state index contributed by atoms with van der Waals surface area (Å²) in [6.07, 6.45) is -3.46. The largest absolute Gasteiger partial charge is 0.454 e. The van der Waals surface area contributed by atoms with E-state index in [0.29, 0.717) is 6.07 Å². The smallest absolute Gasteiger partial charge is 0.420 e. The summed E-state index contributed by atoms with van der Waals surface area (Å²) in [7, 11) is 0. The molecule has 178 valence electrons. The number of alkyl halides is 3. The van der Waals surface area contributed by atoms with E-state index in [0.717, 1.165) is 36.0 Å². The number of carbonyl (C=O) groups excluding carboxylic acids is 1. The summed E-state index contributed by atoms with van der Waals surface area (Å²) in [6, 6.07) is 7.75. The van der Waals surface area contributed by atoms with Crippen LogP contribution in [0.2, 0.25) is 0 Å². The Bertz CT molecular complexity index is 1190. The van der Waals surface area contributed by atoms with Crippen LogP contribution in [0.3, 0.4) is 0 Å². The Labute approximate surface area is 195 Å². The van der Waals surface area contributed by atoms with Crippen molar-refractivity contribution in [2.45, 2.75) is 6.18 Å². The van der Waals surface area contributed by atoms with Crippen molar-refractivity contribution in [3.8, 4) is 17.6 Å². The number of rotatable bonds is 7. The molecule has 3 rings (SSSR count). The Morgan fingerprint density at radius 2 is 1.79 bits per heavy atom. The van der Waals surface area contributed by atoms with Gasteiger partial charge in [0.2, 0.25) is 0 Å². The fraction of sp³-hybridized carbons (Fsp3) is 0.227. The Kier molecular flexibility index (Phi) is 7.93. The molecule has 0 saturated carbocycles. The minimum absolute atomic E-state index is 0.156. The molecule has 0 atom stereocenters. The van der Waals surface area contributed by atoms with Gasteiger partial charge in [-0.3, -0.25) is 4.79 Å². The first-order valence-corrected chi connectivity index (χ1v) is 10.6. The van der Waals surface area contributed by atoms with Crippen molar-refractivity contribution < 1.29 is 37.3 Å². The molecule has 1 aliphatic rings. The molecule has 2 N–H and O–H groups in total. The number of aliphatic hydroxyl groups excluding tert-OH is 2. The quantitative estimate of drug-likeness (QED) is 0.445. The van der Waals surface area contributed by atoms with Gasteiger partial charge in [-0.05, 0) is 53.7 Å². The van der Waals surface area contributed by atoms with Crippen LogP contribution in [0.5, 0.6) is 11.5 Å². The number of hydrogen-bond acceptors (Lipinski definition) is 7. The Morgan fingerprint density at radius 1 is 1.12 bits per heavy atom. The SMILES string of the molecule is N#Cc1ccc(Oc2ccc(/C=C3/SC(N(CCO)CCO)=NC3=O)cc2F)c(C(F)(F)F)c1. The van der Waals surface area contributed by atoms with Crippen molar-refractivity contribution in [2.75, 3.05) is 26.3 Å². The van der Waals surface area contributed by atoms with Crippen molar-refractivity contribution in [3.63, 3.8) is 0 Å². The van der Waals surface area contributed by atoms with Gasteiger partial charge in [-0.1, -0.05) is 6.07 Å². The standard InChI is InChI=1S/C22H17F4N3O4S/c23-16-10-13(11-19-20(32)28-21(34-19)29(5-7-30)6-8-31)1-4-18(16)33-17-3-2-14(12-27)9-15(17)22(24,25)26/h1-4,9-11,30-31H,5-8H2/b19-11+. The molecular formula is C22H17F4N3O4S. The lowest BCUT2D eigenvalue weighted by molar-refractivity contribution is -0.138. The summed E-state index contributed by atoms with van der Waals surface area (Å²) in [5, 5.41) is 27.4. The lowest BCUT2D eigenvalue weighted by atomic mass is 10.1. The summed E-state index contributed by atoms with van der Waals surface area (Å²) < 4.78 is 59.7. The molecule has 0 aromatic heterocycles. The van der Waals surface area contributed by atoms with Crippen LogP contribution in [0, 0.1) is 17.1 Å². The first-order chi connectivity index (χ1) is 16.2. The van der Waals surface area contributed by atoms with Crippen LogP contribution in [-0.4, -0.2) is 52.5 Å². The van der Waals surface area contributed by atoms with Gasteiger partial charge in [0.1, 0.15) is 5.75 Å². The Morgan fingerprint density at radius 3 is 2.38 bits per heavy atom. The second kappa shape index (κ2) is 10.7. The number of aliphatic imine (C=N–C) groups is 1. The number of ether oxygens (including phenoxy) is 1. The van der Waals surface area contributed by atoms with Gasteiger partial charge in [0, 0.05) is 13.1 Å². The van der Waals surface area contributed by atoms with Crippen molar-refractivity contribution in [3.05, 3.63) is 63.8 Å². The molecule has 2 aromatic carbocycles. The first-order valence-electron chi connectivity index (χ1n) is 9.74. The highest BCUT2D eigenvalue weighted by atomic mass is 32.2. The molecule has 1 aliphatic heterocycles. The van der Waals surface area contributed by atoms with Crippen molar-refractivity contribution in [1.82, 2.24) is 4.90 Å².